The number of hydrogen-bond donors (Lipinski definition) is 0. The zero-order chi connectivity index (χ0) is 7.98. The molecule has 0 saturated heterocycles. The smallest absolute Gasteiger partial charge is 0.358 e. The third kappa shape index (κ3) is 13.1. The molecule has 0 saturated carbocycles. The van der Waals surface area contributed by atoms with E-state index in [1.165, 1.54) is 0 Å². The molecule has 1 heterocycles. The monoisotopic (exact) mass is 628 g/mol. The van der Waals surface area contributed by atoms with Crippen LogP contribution in [0, 0.1) is 90.4 Å². The Hall–Kier alpha value is 1.12. The van der Waals surface area contributed by atoms with E-state index >= 15 is 0 Å². The number of pyridine rings is 1. The van der Waals surface area contributed by atoms with Gasteiger partial charge in [0.1, 0.15) is 0 Å². The van der Waals surface area contributed by atoms with Crippen LogP contribution in [-0.2, 0) is 0 Å². The minimum Gasteiger partial charge on any atom is -0.358 e. The summed E-state index contributed by atoms with van der Waals surface area (Å²) in [5, 5.41) is 0. The van der Waals surface area contributed by atoms with Gasteiger partial charge in [-0.05, 0) is 6.92 Å². The van der Waals surface area contributed by atoms with Gasteiger partial charge in [-0.15, -0.1) is 11.8 Å². The van der Waals surface area contributed by atoms with Crippen LogP contribution in [0.15, 0.2) is 18.2 Å². The molecule has 0 amide bonds. The van der Waals surface area contributed by atoms with Gasteiger partial charge in [-0.3, -0.25) is 4.98 Å². The van der Waals surface area contributed by atoms with E-state index < -0.39 is 0 Å². The van der Waals surface area contributed by atoms with Crippen molar-refractivity contribution in [3.05, 3.63) is 50.9 Å². The second-order valence-electron chi connectivity index (χ2n) is 1.77. The Kier molecular flexibility index (Phi) is 28.5. The number of hydrogen-bond acceptors (Lipinski definition) is 1. The molecule has 0 unspecified atom stereocenters. The van der Waals surface area contributed by atoms with Crippen molar-refractivity contribution in [3.8, 4) is 0 Å². The summed E-state index contributed by atoms with van der Waals surface area (Å²) in [6.07, 6.45) is 0. The zero-order valence-corrected chi connectivity index (χ0v) is 16.9. The summed E-state index contributed by atoms with van der Waals surface area (Å²) in [5.74, 6) is 0. The Morgan fingerprint density at radius 3 is 2.00 bits per heavy atom. The normalized spacial score (nSPS) is 6.08. The molecule has 1 rings (SSSR count). The van der Waals surface area contributed by atoms with Gasteiger partial charge in [-0.2, -0.15) is 13.0 Å². The number of nitrogens with zero attached hydrogens (tertiary/aromatic N) is 1. The summed E-state index contributed by atoms with van der Waals surface area (Å²) in [4.78, 5) is 4.06. The van der Waals surface area contributed by atoms with Crippen LogP contribution in [0.3, 0.4) is 0 Å². The molecule has 0 fully saturated rings. The number of rotatable bonds is 0. The van der Waals surface area contributed by atoms with Crippen LogP contribution < -0.4 is 0 Å². The maximum absolute atomic E-state index is 4.06. The quantitative estimate of drug-likeness (QED) is 0.403. The number of aryl methyl sites for hydroxylation is 1. The molecule has 0 aliphatic heterocycles. The van der Waals surface area contributed by atoms with Gasteiger partial charge < -0.3 is 14.4 Å². The van der Waals surface area contributed by atoms with E-state index in [-0.39, 0.29) is 71.1 Å². The Morgan fingerprint density at radius 1 is 1.31 bits per heavy atom. The van der Waals surface area contributed by atoms with E-state index in [4.69, 9.17) is 0 Å². The Bertz CT molecular complexity index is 178. The molecule has 0 N–H and O–H groups in total. The fourth-order valence-corrected chi connectivity index (χ4v) is 0.599. The average molecular weight is 628 g/mol. The van der Waals surface area contributed by atoms with Gasteiger partial charge in [0.15, 0.2) is 0 Å². The maximum atomic E-state index is 4.06. The summed E-state index contributed by atoms with van der Waals surface area (Å²) in [6.45, 7) is 10.6. The minimum atomic E-state index is 0. The zero-order valence-electron chi connectivity index (χ0n) is 8.59. The van der Waals surface area contributed by atoms with Crippen LogP contribution >= 0.6 is 0 Å². The van der Waals surface area contributed by atoms with E-state index in [2.05, 4.69) is 18.8 Å². The third-order valence-electron chi connectivity index (χ3n) is 0.946. The molecule has 0 radical (unpaired) electrons. The standard InChI is InChI=1S/C7H8N.C2H5.CH3.2U.H2/c1-6-4-3-5-7(2)8-6;1-2;;;;/h3-5H,1H2,2H3;1H2,2H3;1H3;;;1H/q3*-1;;+2;. The fourth-order valence-electron chi connectivity index (χ4n) is 0.599. The van der Waals surface area contributed by atoms with Crippen molar-refractivity contribution in [1.82, 2.24) is 4.98 Å². The molecule has 0 aliphatic rings. The fraction of sp³-hybridized carbons (Fsp3) is 0.200. The van der Waals surface area contributed by atoms with Crippen molar-refractivity contribution in [2.75, 3.05) is 0 Å². The molecule has 72 valence electrons. The average Bonchev–Trinajstić information content (AvgIpc) is 1.91. The van der Waals surface area contributed by atoms with Crippen molar-refractivity contribution in [2.45, 2.75) is 13.8 Å². The molecule has 0 aromatic carbocycles. The van der Waals surface area contributed by atoms with E-state index in [1.54, 1.807) is 6.92 Å². The molecule has 3 heteroatoms. The predicted octanol–water partition coefficient (Wildman–Crippen LogP) is 3.11. The largest absolute Gasteiger partial charge is 2.00 e. The minimum absolute atomic E-state index is 0. The first-order valence-electron chi connectivity index (χ1n) is 3.25. The van der Waals surface area contributed by atoms with Gasteiger partial charge in [0.25, 0.3) is 0 Å². The number of aromatic nitrogens is 1. The van der Waals surface area contributed by atoms with E-state index in [0.717, 1.165) is 11.4 Å². The van der Waals surface area contributed by atoms with Crippen molar-refractivity contribution in [2.24, 2.45) is 0 Å². The molecule has 0 spiro atoms. The van der Waals surface area contributed by atoms with Crippen molar-refractivity contribution >= 4 is 0 Å². The van der Waals surface area contributed by atoms with Gasteiger partial charge in [-0.25, -0.2) is 6.92 Å². The van der Waals surface area contributed by atoms with Crippen LogP contribution in [0.4, 0.5) is 0 Å². The molecular weight excluding hydrogens is 610 g/mol. The summed E-state index contributed by atoms with van der Waals surface area (Å²) in [6, 6.07) is 5.78. The molecular formula is C10H18NU2-. The summed E-state index contributed by atoms with van der Waals surface area (Å²) in [7, 11) is 0. The molecule has 0 bridgehead atoms. The topological polar surface area (TPSA) is 12.9 Å². The van der Waals surface area contributed by atoms with E-state index in [9.17, 15) is 0 Å². The molecule has 0 aliphatic carbocycles. The molecule has 1 aromatic heterocycles. The maximum Gasteiger partial charge on any atom is 2.00 e. The van der Waals surface area contributed by atoms with Gasteiger partial charge >= 0.3 is 31.1 Å². The van der Waals surface area contributed by atoms with Gasteiger partial charge in [0, 0.05) is 38.2 Å². The summed E-state index contributed by atoms with van der Waals surface area (Å²) < 4.78 is 0. The first kappa shape index (κ1) is 23.7. The molecule has 1 aromatic rings. The third-order valence-corrected chi connectivity index (χ3v) is 0.946. The van der Waals surface area contributed by atoms with Crippen LogP contribution in [0.1, 0.15) is 19.7 Å². The first-order chi connectivity index (χ1) is 4.79. The Balaban J connectivity index is -0.0000000425. The molecule has 13 heavy (non-hydrogen) atoms. The van der Waals surface area contributed by atoms with Crippen LogP contribution in [0.2, 0.25) is 0 Å². The second-order valence-corrected chi connectivity index (χ2v) is 1.77. The second kappa shape index (κ2) is 15.6. The van der Waals surface area contributed by atoms with Crippen LogP contribution in [-0.4, -0.2) is 4.98 Å². The van der Waals surface area contributed by atoms with Crippen LogP contribution in [0.25, 0.3) is 0 Å². The van der Waals surface area contributed by atoms with E-state index in [0.29, 0.717) is 0 Å². The predicted molar refractivity (Wildman–Crippen MR) is 53.0 cm³/mol. The van der Waals surface area contributed by atoms with Crippen LogP contribution in [0.5, 0.6) is 0 Å². The van der Waals surface area contributed by atoms with E-state index in [1.807, 2.05) is 25.1 Å². The Labute approximate surface area is 132 Å². The summed E-state index contributed by atoms with van der Waals surface area (Å²) in [5.41, 5.74) is 1.86. The van der Waals surface area contributed by atoms with Gasteiger partial charge in [0.05, 0.1) is 0 Å². The van der Waals surface area contributed by atoms with Gasteiger partial charge in [-0.1, -0.05) is 6.07 Å². The van der Waals surface area contributed by atoms with Crippen molar-refractivity contribution < 1.29 is 63.7 Å². The molecule has 0 atom stereocenters. The first-order valence-corrected chi connectivity index (χ1v) is 3.25. The van der Waals surface area contributed by atoms with Crippen molar-refractivity contribution in [1.29, 1.82) is 0 Å². The Morgan fingerprint density at radius 2 is 1.77 bits per heavy atom. The summed E-state index contributed by atoms with van der Waals surface area (Å²) >= 11 is 0. The van der Waals surface area contributed by atoms with Crippen molar-refractivity contribution in [3.63, 3.8) is 0 Å². The molecule has 1 nitrogen and oxygen atoms in total. The van der Waals surface area contributed by atoms with Gasteiger partial charge in [0.2, 0.25) is 0 Å². The SMILES string of the molecule is [CH2-]C.[CH2-]c1cccc(C)n1.[CH3-].[HH].[U+2].[U].